The fourth-order valence-corrected chi connectivity index (χ4v) is 4.45. The number of halogens is 3. The van der Waals surface area contributed by atoms with Crippen LogP contribution in [-0.2, 0) is 26.3 Å². The predicted octanol–water partition coefficient (Wildman–Crippen LogP) is 3.81. The van der Waals surface area contributed by atoms with Gasteiger partial charge in [0.15, 0.2) is 6.61 Å². The monoisotopic (exact) mass is 426 g/mol. The molecule has 0 radical (unpaired) electrons. The summed E-state index contributed by atoms with van der Waals surface area (Å²) in [4.78, 5) is 28.3. The highest BCUT2D eigenvalue weighted by molar-refractivity contribution is 6.32. The summed E-state index contributed by atoms with van der Waals surface area (Å²) in [7, 11) is 2.09. The summed E-state index contributed by atoms with van der Waals surface area (Å²) >= 11 is 0. The summed E-state index contributed by atoms with van der Waals surface area (Å²) in [6, 6.07) is 5.79. The Labute approximate surface area is 175 Å². The number of fused-ring (bicyclic) bond motifs is 1. The molecule has 0 aliphatic carbocycles. The fraction of sp³-hybridized carbons (Fsp3) is 0.636. The van der Waals surface area contributed by atoms with E-state index in [-0.39, 0.29) is 17.5 Å². The zero-order valence-electron chi connectivity index (χ0n) is 17.9. The number of rotatable bonds is 2. The van der Waals surface area contributed by atoms with E-state index in [0.29, 0.717) is 13.0 Å². The fourth-order valence-electron chi connectivity index (χ4n) is 4.45. The van der Waals surface area contributed by atoms with Crippen LogP contribution in [0.15, 0.2) is 18.2 Å². The van der Waals surface area contributed by atoms with Crippen LogP contribution in [0.1, 0.15) is 56.3 Å². The average Bonchev–Trinajstić information content (AvgIpc) is 2.67. The molecule has 1 saturated heterocycles. The number of nitrogens with zero attached hydrogens (tertiary/aromatic N) is 2. The van der Waals surface area contributed by atoms with E-state index >= 15 is 0 Å². The van der Waals surface area contributed by atoms with Crippen molar-refractivity contribution in [3.05, 3.63) is 34.9 Å². The summed E-state index contributed by atoms with van der Waals surface area (Å²) < 4.78 is 41.3. The maximum absolute atomic E-state index is 12.7. The van der Waals surface area contributed by atoms with Crippen LogP contribution in [0.25, 0.3) is 0 Å². The normalized spacial score (nSPS) is 24.3. The largest absolute Gasteiger partial charge is 0.449 e. The van der Waals surface area contributed by atoms with Crippen molar-refractivity contribution in [1.82, 2.24) is 9.80 Å². The summed E-state index contributed by atoms with van der Waals surface area (Å²) in [6.07, 6.45) is -2.25. The van der Waals surface area contributed by atoms with E-state index in [1.165, 1.54) is 16.0 Å². The number of carbonyl (C=O) groups excluding carboxylic acids is 2. The molecule has 1 aromatic carbocycles. The Morgan fingerprint density at radius 3 is 2.60 bits per heavy atom. The van der Waals surface area contributed by atoms with Crippen LogP contribution in [0.5, 0.6) is 0 Å². The number of carbonyl (C=O) groups is 2. The van der Waals surface area contributed by atoms with Crippen LogP contribution in [0.3, 0.4) is 0 Å². The molecule has 2 aliphatic heterocycles. The van der Waals surface area contributed by atoms with Crippen LogP contribution in [-0.4, -0.2) is 54.6 Å². The number of amides is 1. The van der Waals surface area contributed by atoms with Crippen LogP contribution in [0, 0.1) is 5.92 Å². The second-order valence-corrected chi connectivity index (χ2v) is 8.99. The molecule has 5 nitrogen and oxygen atoms in total. The molecule has 166 valence electrons. The first-order valence-electron chi connectivity index (χ1n) is 10.3. The standard InChI is InChI=1S/C22H29F3N2O3/c1-14-5-8-18(27(12-14)19(28)20(29)30-13-22(23,24)25)16-6-7-17-15(11-16)9-10-26(4)21(17,2)3/h6-7,11,14,18H,5,8-10,12-13H2,1-4H3. The lowest BCUT2D eigenvalue weighted by molar-refractivity contribution is -0.190. The quantitative estimate of drug-likeness (QED) is 0.533. The zero-order valence-corrected chi connectivity index (χ0v) is 17.9. The number of hydrogen-bond donors (Lipinski definition) is 0. The van der Waals surface area contributed by atoms with Crippen molar-refractivity contribution in [2.24, 2.45) is 5.92 Å². The molecule has 3 rings (SSSR count). The number of alkyl halides is 3. The Balaban J connectivity index is 1.85. The van der Waals surface area contributed by atoms with Crippen LogP contribution in [0.2, 0.25) is 0 Å². The smallest absolute Gasteiger partial charge is 0.422 e. The van der Waals surface area contributed by atoms with Crippen molar-refractivity contribution < 1.29 is 27.5 Å². The average molecular weight is 426 g/mol. The van der Waals surface area contributed by atoms with Crippen molar-refractivity contribution in [2.45, 2.75) is 57.8 Å². The zero-order chi connectivity index (χ0) is 22.3. The van der Waals surface area contributed by atoms with Crippen molar-refractivity contribution >= 4 is 11.9 Å². The van der Waals surface area contributed by atoms with Gasteiger partial charge in [-0.25, -0.2) is 4.79 Å². The SMILES string of the molecule is CC1CCC(c2ccc3c(c2)CCN(C)C3(C)C)N(C(=O)C(=O)OCC(F)(F)F)C1. The highest BCUT2D eigenvalue weighted by Crippen LogP contribution is 2.38. The first-order chi connectivity index (χ1) is 13.9. The first kappa shape index (κ1) is 22.6. The molecule has 8 heteroatoms. The third-order valence-electron chi connectivity index (χ3n) is 6.46. The second kappa shape index (κ2) is 8.21. The van der Waals surface area contributed by atoms with Crippen molar-refractivity contribution in [2.75, 3.05) is 26.7 Å². The van der Waals surface area contributed by atoms with E-state index in [0.717, 1.165) is 24.9 Å². The van der Waals surface area contributed by atoms with E-state index in [4.69, 9.17) is 0 Å². The number of hydrogen-bond acceptors (Lipinski definition) is 4. The van der Waals surface area contributed by atoms with Gasteiger partial charge in [0.05, 0.1) is 6.04 Å². The summed E-state index contributed by atoms with van der Waals surface area (Å²) in [6.45, 7) is 5.77. The van der Waals surface area contributed by atoms with E-state index in [9.17, 15) is 22.8 Å². The third-order valence-corrected chi connectivity index (χ3v) is 6.46. The molecule has 30 heavy (non-hydrogen) atoms. The van der Waals surface area contributed by atoms with Crippen LogP contribution < -0.4 is 0 Å². The van der Waals surface area contributed by atoms with Gasteiger partial charge in [-0.15, -0.1) is 0 Å². The highest BCUT2D eigenvalue weighted by atomic mass is 19.4. The lowest BCUT2D eigenvalue weighted by Crippen LogP contribution is -2.46. The van der Waals surface area contributed by atoms with Crippen molar-refractivity contribution in [3.8, 4) is 0 Å². The molecule has 2 heterocycles. The molecule has 1 aromatic rings. The molecular weight excluding hydrogens is 397 g/mol. The molecule has 0 aromatic heterocycles. The van der Waals surface area contributed by atoms with E-state index < -0.39 is 24.7 Å². The topological polar surface area (TPSA) is 49.9 Å². The minimum Gasteiger partial charge on any atom is -0.449 e. The summed E-state index contributed by atoms with van der Waals surface area (Å²) in [5, 5.41) is 0. The van der Waals surface area contributed by atoms with Crippen molar-refractivity contribution in [1.29, 1.82) is 0 Å². The summed E-state index contributed by atoms with van der Waals surface area (Å²) in [5.74, 6) is -2.30. The molecule has 1 amide bonds. The second-order valence-electron chi connectivity index (χ2n) is 8.99. The van der Waals surface area contributed by atoms with Crippen LogP contribution >= 0.6 is 0 Å². The van der Waals surface area contributed by atoms with E-state index in [2.05, 4.69) is 42.7 Å². The molecule has 0 saturated carbocycles. The predicted molar refractivity (Wildman–Crippen MR) is 106 cm³/mol. The Morgan fingerprint density at radius 1 is 1.23 bits per heavy atom. The minimum atomic E-state index is -4.66. The number of ether oxygens (including phenoxy) is 1. The van der Waals surface area contributed by atoms with Gasteiger partial charge in [-0.3, -0.25) is 9.69 Å². The molecule has 0 spiro atoms. The van der Waals surface area contributed by atoms with Crippen LogP contribution in [0.4, 0.5) is 13.2 Å². The number of likely N-dealkylation sites (N-methyl/N-ethyl adjacent to an activating group) is 1. The number of benzene rings is 1. The van der Waals surface area contributed by atoms with Gasteiger partial charge in [0.1, 0.15) is 0 Å². The third kappa shape index (κ3) is 4.63. The molecule has 2 unspecified atom stereocenters. The van der Waals surface area contributed by atoms with E-state index in [1.807, 2.05) is 13.0 Å². The molecular formula is C22H29F3N2O3. The van der Waals surface area contributed by atoms with Crippen molar-refractivity contribution in [3.63, 3.8) is 0 Å². The van der Waals surface area contributed by atoms with Gasteiger partial charge in [0.2, 0.25) is 0 Å². The highest BCUT2D eigenvalue weighted by Gasteiger charge is 2.38. The van der Waals surface area contributed by atoms with Gasteiger partial charge in [-0.05, 0) is 62.8 Å². The maximum atomic E-state index is 12.7. The first-order valence-corrected chi connectivity index (χ1v) is 10.3. The minimum absolute atomic E-state index is 0.107. The van der Waals surface area contributed by atoms with Gasteiger partial charge in [-0.1, -0.05) is 25.1 Å². The Kier molecular flexibility index (Phi) is 6.18. The lowest BCUT2D eigenvalue weighted by atomic mass is 9.81. The molecule has 2 atom stereocenters. The number of likely N-dealkylation sites (tertiary alicyclic amines) is 1. The Hall–Kier alpha value is -2.09. The van der Waals surface area contributed by atoms with Gasteiger partial charge in [0, 0.05) is 18.6 Å². The Morgan fingerprint density at radius 2 is 1.93 bits per heavy atom. The Bertz CT molecular complexity index is 822. The maximum Gasteiger partial charge on any atom is 0.422 e. The lowest BCUT2D eigenvalue weighted by Gasteiger charge is -2.43. The molecule has 1 fully saturated rings. The van der Waals surface area contributed by atoms with Gasteiger partial charge >= 0.3 is 18.1 Å². The van der Waals surface area contributed by atoms with Gasteiger partial charge < -0.3 is 9.64 Å². The number of esters is 1. The summed E-state index contributed by atoms with van der Waals surface area (Å²) in [5.41, 5.74) is 3.25. The molecule has 0 N–H and O–H groups in total. The molecule has 0 bridgehead atoms. The number of piperidine rings is 1. The van der Waals surface area contributed by atoms with Gasteiger partial charge in [-0.2, -0.15) is 13.2 Å². The van der Waals surface area contributed by atoms with E-state index in [1.54, 1.807) is 0 Å². The molecule has 2 aliphatic rings. The van der Waals surface area contributed by atoms with Gasteiger partial charge in [0.25, 0.3) is 0 Å².